The first-order valence-corrected chi connectivity index (χ1v) is 7.05. The van der Waals surface area contributed by atoms with E-state index in [1.54, 1.807) is 0 Å². The summed E-state index contributed by atoms with van der Waals surface area (Å²) in [6.07, 6.45) is -12.7. The van der Waals surface area contributed by atoms with Crippen LogP contribution < -0.4 is 0 Å². The van der Waals surface area contributed by atoms with Gasteiger partial charge in [-0.25, -0.2) is 0 Å². The fraction of sp³-hybridized carbons (Fsp3) is 1.00. The molecule has 0 saturated carbocycles. The zero-order valence-electron chi connectivity index (χ0n) is 12.0. The van der Waals surface area contributed by atoms with Gasteiger partial charge in [-0.1, -0.05) is 0 Å². The Morgan fingerprint density at radius 2 is 1.39 bits per heavy atom. The van der Waals surface area contributed by atoms with Crippen LogP contribution in [0, 0.1) is 0 Å². The van der Waals surface area contributed by atoms with Gasteiger partial charge in [-0.3, -0.25) is 0 Å². The molecule has 0 bridgehead atoms. The summed E-state index contributed by atoms with van der Waals surface area (Å²) in [4.78, 5) is 0. The Hall–Kier alpha value is -0.440. The Kier molecular flexibility index (Phi) is 5.92. The number of hydrogen-bond acceptors (Lipinski definition) is 11. The molecule has 3 unspecified atom stereocenters. The maximum Gasteiger partial charge on any atom is 0.224 e. The van der Waals surface area contributed by atoms with Crippen molar-refractivity contribution in [3.8, 4) is 0 Å². The van der Waals surface area contributed by atoms with Crippen molar-refractivity contribution in [3.63, 3.8) is 0 Å². The Labute approximate surface area is 130 Å². The monoisotopic (exact) mass is 342 g/mol. The van der Waals surface area contributed by atoms with Crippen LogP contribution in [0.2, 0.25) is 0 Å². The molecule has 2 rings (SSSR count). The first-order valence-electron chi connectivity index (χ1n) is 7.05. The van der Waals surface area contributed by atoms with Crippen molar-refractivity contribution in [1.82, 2.24) is 0 Å². The van der Waals surface area contributed by atoms with Gasteiger partial charge in [-0.2, -0.15) is 0 Å². The third kappa shape index (κ3) is 3.23. The molecule has 11 heteroatoms. The normalized spacial score (nSPS) is 51.1. The predicted molar refractivity (Wildman–Crippen MR) is 68.6 cm³/mol. The number of aliphatic hydroxyl groups excluding tert-OH is 8. The molecule has 11 nitrogen and oxygen atoms in total. The van der Waals surface area contributed by atoms with E-state index in [-0.39, 0.29) is 0 Å². The molecular weight excluding hydrogens is 320 g/mol. The standard InChI is InChI=1S/C12H22O11/c13-1-4-6(16)8(18)9(19)11(21-4)23-12(3-15)10(20)7(17)5(2-14)22-12/h4-11,13-20H,1-3H2/t4?,5-,6-,7-,8+,9?,10+,11-,12?/m1/s1. The molecule has 136 valence electrons. The smallest absolute Gasteiger partial charge is 0.224 e. The fourth-order valence-corrected chi connectivity index (χ4v) is 2.63. The van der Waals surface area contributed by atoms with E-state index in [4.69, 9.17) is 24.4 Å². The van der Waals surface area contributed by atoms with Crippen molar-refractivity contribution in [1.29, 1.82) is 0 Å². The van der Waals surface area contributed by atoms with Gasteiger partial charge in [0.15, 0.2) is 6.29 Å². The van der Waals surface area contributed by atoms with Crippen LogP contribution in [0.3, 0.4) is 0 Å². The lowest BCUT2D eigenvalue weighted by molar-refractivity contribution is -0.383. The molecular formula is C12H22O11. The Balaban J connectivity index is 2.18. The molecule has 0 aliphatic carbocycles. The van der Waals surface area contributed by atoms with Gasteiger partial charge in [-0.05, 0) is 0 Å². The van der Waals surface area contributed by atoms with Gasteiger partial charge in [0.05, 0.1) is 13.2 Å². The van der Waals surface area contributed by atoms with E-state index >= 15 is 0 Å². The maximum absolute atomic E-state index is 10.00. The Morgan fingerprint density at radius 3 is 1.87 bits per heavy atom. The lowest BCUT2D eigenvalue weighted by Crippen LogP contribution is -2.62. The lowest BCUT2D eigenvalue weighted by atomic mass is 9.99. The molecule has 0 spiro atoms. The van der Waals surface area contributed by atoms with Crippen LogP contribution in [-0.4, -0.2) is 115 Å². The highest BCUT2D eigenvalue weighted by molar-refractivity contribution is 4.98. The molecule has 2 fully saturated rings. The van der Waals surface area contributed by atoms with Crippen LogP contribution in [0.1, 0.15) is 0 Å². The van der Waals surface area contributed by atoms with Crippen LogP contribution in [0.4, 0.5) is 0 Å². The van der Waals surface area contributed by atoms with Crippen LogP contribution in [0.15, 0.2) is 0 Å². The lowest BCUT2D eigenvalue weighted by Gasteiger charge is -2.43. The summed E-state index contributed by atoms with van der Waals surface area (Å²) < 4.78 is 15.4. The minimum absolute atomic E-state index is 0.669. The second-order valence-electron chi connectivity index (χ2n) is 5.56. The highest BCUT2D eigenvalue weighted by Crippen LogP contribution is 2.35. The summed E-state index contributed by atoms with van der Waals surface area (Å²) >= 11 is 0. The molecule has 0 radical (unpaired) electrons. The summed E-state index contributed by atoms with van der Waals surface area (Å²) in [6, 6.07) is 0. The van der Waals surface area contributed by atoms with Crippen LogP contribution in [0.5, 0.6) is 0 Å². The van der Waals surface area contributed by atoms with Crippen molar-refractivity contribution in [3.05, 3.63) is 0 Å². The zero-order chi connectivity index (χ0) is 17.4. The number of ether oxygens (including phenoxy) is 3. The van der Waals surface area contributed by atoms with Gasteiger partial charge in [0.1, 0.15) is 49.3 Å². The molecule has 2 saturated heterocycles. The minimum Gasteiger partial charge on any atom is -0.394 e. The average Bonchev–Trinajstić information content (AvgIpc) is 2.80. The SMILES string of the molecule is OCC1O[C@H](OC2(CO)O[C@H](CO)[C@@H](O)[C@@H]2O)C(O)[C@@H](O)[C@@H]1O. The van der Waals surface area contributed by atoms with E-state index in [1.807, 2.05) is 0 Å². The quantitative estimate of drug-likeness (QED) is 0.238. The molecule has 0 amide bonds. The Morgan fingerprint density at radius 1 is 0.783 bits per heavy atom. The molecule has 2 aliphatic rings. The van der Waals surface area contributed by atoms with E-state index in [0.29, 0.717) is 0 Å². The number of hydrogen-bond donors (Lipinski definition) is 8. The number of aliphatic hydroxyl groups is 8. The molecule has 2 aliphatic heterocycles. The topological polar surface area (TPSA) is 190 Å². The second-order valence-corrected chi connectivity index (χ2v) is 5.56. The third-order valence-electron chi connectivity index (χ3n) is 4.07. The molecule has 2 heterocycles. The molecule has 9 atom stereocenters. The first-order chi connectivity index (χ1) is 10.8. The molecule has 0 aromatic carbocycles. The average molecular weight is 342 g/mol. The zero-order valence-corrected chi connectivity index (χ0v) is 12.0. The Bertz CT molecular complexity index is 393. The summed E-state index contributed by atoms with van der Waals surface area (Å²) in [5.74, 6) is -2.22. The van der Waals surface area contributed by atoms with Crippen molar-refractivity contribution in [2.24, 2.45) is 0 Å². The van der Waals surface area contributed by atoms with Crippen molar-refractivity contribution in [2.45, 2.75) is 54.8 Å². The van der Waals surface area contributed by atoms with Crippen LogP contribution in [0.25, 0.3) is 0 Å². The van der Waals surface area contributed by atoms with Crippen molar-refractivity contribution >= 4 is 0 Å². The van der Waals surface area contributed by atoms with Crippen molar-refractivity contribution in [2.75, 3.05) is 19.8 Å². The summed E-state index contributed by atoms with van der Waals surface area (Å²) in [6.45, 7) is -2.32. The van der Waals surface area contributed by atoms with Gasteiger partial charge in [-0.15, -0.1) is 0 Å². The number of rotatable bonds is 5. The van der Waals surface area contributed by atoms with Gasteiger partial charge >= 0.3 is 0 Å². The minimum atomic E-state index is -2.22. The maximum atomic E-state index is 10.00. The highest BCUT2D eigenvalue weighted by Gasteiger charge is 2.58. The van der Waals surface area contributed by atoms with Crippen LogP contribution >= 0.6 is 0 Å². The highest BCUT2D eigenvalue weighted by atomic mass is 16.8. The van der Waals surface area contributed by atoms with Gasteiger partial charge in [0.2, 0.25) is 5.79 Å². The molecule has 23 heavy (non-hydrogen) atoms. The van der Waals surface area contributed by atoms with E-state index in [0.717, 1.165) is 0 Å². The van der Waals surface area contributed by atoms with Crippen molar-refractivity contribution < 1.29 is 55.1 Å². The fourth-order valence-electron chi connectivity index (χ4n) is 2.63. The third-order valence-corrected chi connectivity index (χ3v) is 4.07. The molecule has 0 aromatic heterocycles. The van der Waals surface area contributed by atoms with Gasteiger partial charge in [0, 0.05) is 0 Å². The second kappa shape index (κ2) is 7.21. The predicted octanol–water partition coefficient (Wildman–Crippen LogP) is -5.40. The van der Waals surface area contributed by atoms with E-state index in [2.05, 4.69) is 0 Å². The van der Waals surface area contributed by atoms with E-state index in [1.165, 1.54) is 0 Å². The summed E-state index contributed by atoms with van der Waals surface area (Å²) in [7, 11) is 0. The summed E-state index contributed by atoms with van der Waals surface area (Å²) in [5, 5.41) is 76.7. The van der Waals surface area contributed by atoms with Crippen LogP contribution in [-0.2, 0) is 14.2 Å². The largest absolute Gasteiger partial charge is 0.394 e. The molecule has 0 aromatic rings. The van der Waals surface area contributed by atoms with E-state index < -0.39 is 74.6 Å². The van der Waals surface area contributed by atoms with E-state index in [9.17, 15) is 30.6 Å². The summed E-state index contributed by atoms with van der Waals surface area (Å²) in [5.41, 5.74) is 0. The van der Waals surface area contributed by atoms with Gasteiger partial charge < -0.3 is 55.1 Å². The van der Waals surface area contributed by atoms with Gasteiger partial charge in [0.25, 0.3) is 0 Å². The molecule has 8 N–H and O–H groups in total. The first kappa shape index (κ1) is 18.9.